The number of nitrogens with zero attached hydrogens (tertiary/aromatic N) is 3. The molecule has 9 heteroatoms. The summed E-state index contributed by atoms with van der Waals surface area (Å²) in [6, 6.07) is -0.168. The van der Waals surface area contributed by atoms with Crippen LogP contribution in [-0.4, -0.2) is 51.2 Å². The van der Waals surface area contributed by atoms with E-state index < -0.39 is 4.92 Å². The summed E-state index contributed by atoms with van der Waals surface area (Å²) in [5, 5.41) is 25.7. The summed E-state index contributed by atoms with van der Waals surface area (Å²) in [5.74, 6) is 0.439. The molecule has 0 aliphatic rings. The Morgan fingerprint density at radius 3 is 2.79 bits per heavy atom. The standard InChI is InChI=1S/C10H17N5O3S/c1-6(8(5-16)19-3)13-9-7(15(17)18)4-12-10(11-2)14-9/h4,6,8,16H,5H2,1-3H3,(H2,11,12,13,14). The number of aromatic nitrogens is 2. The molecule has 0 radical (unpaired) electrons. The van der Waals surface area contributed by atoms with Crippen LogP contribution in [0.1, 0.15) is 6.92 Å². The van der Waals surface area contributed by atoms with Gasteiger partial charge < -0.3 is 15.7 Å². The lowest BCUT2D eigenvalue weighted by Crippen LogP contribution is -2.31. The molecule has 0 bridgehead atoms. The molecule has 0 saturated heterocycles. The summed E-state index contributed by atoms with van der Waals surface area (Å²) in [6.45, 7) is 1.81. The Morgan fingerprint density at radius 2 is 2.32 bits per heavy atom. The Morgan fingerprint density at radius 1 is 1.63 bits per heavy atom. The zero-order chi connectivity index (χ0) is 14.4. The Balaban J connectivity index is 3.00. The number of thioether (sulfide) groups is 1. The molecular formula is C10H17N5O3S. The number of aliphatic hydroxyl groups is 1. The molecule has 0 saturated carbocycles. The van der Waals surface area contributed by atoms with Crippen LogP contribution in [0, 0.1) is 10.1 Å². The summed E-state index contributed by atoms with van der Waals surface area (Å²) in [5.41, 5.74) is -0.191. The van der Waals surface area contributed by atoms with Crippen LogP contribution in [0.3, 0.4) is 0 Å². The number of nitro groups is 1. The maximum Gasteiger partial charge on any atom is 0.329 e. The first-order chi connectivity index (χ1) is 9.03. The summed E-state index contributed by atoms with van der Waals surface area (Å²) >= 11 is 1.48. The molecule has 1 rings (SSSR count). The minimum atomic E-state index is -0.540. The second kappa shape index (κ2) is 7.10. The molecule has 8 nitrogen and oxygen atoms in total. The highest BCUT2D eigenvalue weighted by Crippen LogP contribution is 2.24. The molecule has 2 atom stereocenters. The Hall–Kier alpha value is -1.61. The van der Waals surface area contributed by atoms with Gasteiger partial charge in [-0.15, -0.1) is 0 Å². The predicted molar refractivity (Wildman–Crippen MR) is 75.7 cm³/mol. The molecule has 2 unspecified atom stereocenters. The van der Waals surface area contributed by atoms with Crippen molar-refractivity contribution in [2.75, 3.05) is 30.5 Å². The van der Waals surface area contributed by atoms with E-state index in [9.17, 15) is 15.2 Å². The van der Waals surface area contributed by atoms with Gasteiger partial charge in [0, 0.05) is 18.3 Å². The molecule has 1 aromatic rings. The number of rotatable bonds is 7. The maximum atomic E-state index is 10.9. The minimum absolute atomic E-state index is 0.0207. The molecule has 106 valence electrons. The molecule has 0 spiro atoms. The van der Waals surface area contributed by atoms with Gasteiger partial charge in [0.1, 0.15) is 6.20 Å². The fraction of sp³-hybridized carbons (Fsp3) is 0.600. The van der Waals surface area contributed by atoms with Crippen LogP contribution in [0.4, 0.5) is 17.5 Å². The van der Waals surface area contributed by atoms with E-state index in [1.165, 1.54) is 11.8 Å². The molecule has 1 heterocycles. The van der Waals surface area contributed by atoms with Crippen LogP contribution in [-0.2, 0) is 0 Å². The van der Waals surface area contributed by atoms with Gasteiger partial charge in [-0.3, -0.25) is 10.1 Å². The lowest BCUT2D eigenvalue weighted by atomic mass is 10.2. The van der Waals surface area contributed by atoms with Crippen molar-refractivity contribution in [2.45, 2.75) is 18.2 Å². The first-order valence-electron chi connectivity index (χ1n) is 5.62. The van der Waals surface area contributed by atoms with Gasteiger partial charge in [-0.2, -0.15) is 16.7 Å². The lowest BCUT2D eigenvalue weighted by Gasteiger charge is -2.21. The van der Waals surface area contributed by atoms with Crippen LogP contribution in [0.15, 0.2) is 6.20 Å². The molecule has 0 amide bonds. The highest BCUT2D eigenvalue weighted by molar-refractivity contribution is 7.99. The molecular weight excluding hydrogens is 270 g/mol. The topological polar surface area (TPSA) is 113 Å². The average Bonchev–Trinajstić information content (AvgIpc) is 2.39. The normalized spacial score (nSPS) is 13.7. The summed E-state index contributed by atoms with van der Waals surface area (Å²) in [7, 11) is 1.63. The van der Waals surface area contributed by atoms with Crippen LogP contribution in [0.2, 0.25) is 0 Å². The van der Waals surface area contributed by atoms with E-state index in [4.69, 9.17) is 0 Å². The zero-order valence-corrected chi connectivity index (χ0v) is 11.8. The Labute approximate surface area is 115 Å². The van der Waals surface area contributed by atoms with Crippen LogP contribution in [0.5, 0.6) is 0 Å². The van der Waals surface area contributed by atoms with Crippen LogP contribution < -0.4 is 10.6 Å². The third-order valence-electron chi connectivity index (χ3n) is 2.59. The second-order valence-corrected chi connectivity index (χ2v) is 4.90. The molecule has 1 aromatic heterocycles. The monoisotopic (exact) mass is 287 g/mol. The van der Waals surface area contributed by atoms with Crippen molar-refractivity contribution in [3.05, 3.63) is 16.3 Å². The molecule has 0 aromatic carbocycles. The fourth-order valence-electron chi connectivity index (χ4n) is 1.48. The van der Waals surface area contributed by atoms with Gasteiger partial charge in [-0.05, 0) is 13.2 Å². The van der Waals surface area contributed by atoms with Gasteiger partial charge in [0.05, 0.1) is 11.5 Å². The third-order valence-corrected chi connectivity index (χ3v) is 3.76. The van der Waals surface area contributed by atoms with E-state index in [1.54, 1.807) is 7.05 Å². The second-order valence-electron chi connectivity index (χ2n) is 3.82. The van der Waals surface area contributed by atoms with Crippen molar-refractivity contribution in [2.24, 2.45) is 0 Å². The van der Waals surface area contributed by atoms with Crippen molar-refractivity contribution < 1.29 is 10.0 Å². The van der Waals surface area contributed by atoms with E-state index in [2.05, 4.69) is 20.6 Å². The van der Waals surface area contributed by atoms with Gasteiger partial charge in [0.15, 0.2) is 0 Å². The van der Waals surface area contributed by atoms with Crippen LogP contribution in [0.25, 0.3) is 0 Å². The van der Waals surface area contributed by atoms with Gasteiger partial charge in [0.2, 0.25) is 11.8 Å². The largest absolute Gasteiger partial charge is 0.395 e. The minimum Gasteiger partial charge on any atom is -0.395 e. The predicted octanol–water partition coefficient (Wildman–Crippen LogP) is 0.951. The van der Waals surface area contributed by atoms with E-state index in [1.807, 2.05) is 13.2 Å². The highest BCUT2D eigenvalue weighted by Gasteiger charge is 2.22. The van der Waals surface area contributed by atoms with Crippen LogP contribution >= 0.6 is 11.8 Å². The van der Waals surface area contributed by atoms with E-state index in [0.717, 1.165) is 6.20 Å². The van der Waals surface area contributed by atoms with Crippen molar-refractivity contribution in [3.8, 4) is 0 Å². The van der Waals surface area contributed by atoms with Crippen molar-refractivity contribution in [3.63, 3.8) is 0 Å². The van der Waals surface area contributed by atoms with E-state index in [-0.39, 0.29) is 29.4 Å². The number of hydrogen-bond acceptors (Lipinski definition) is 8. The van der Waals surface area contributed by atoms with Crippen molar-refractivity contribution >= 4 is 29.2 Å². The number of aliphatic hydroxyl groups excluding tert-OH is 1. The third kappa shape index (κ3) is 3.93. The smallest absolute Gasteiger partial charge is 0.329 e. The molecule has 19 heavy (non-hydrogen) atoms. The zero-order valence-electron chi connectivity index (χ0n) is 11.0. The van der Waals surface area contributed by atoms with Gasteiger partial charge in [0.25, 0.3) is 0 Å². The lowest BCUT2D eigenvalue weighted by molar-refractivity contribution is -0.384. The Bertz CT molecular complexity index is 441. The SMILES string of the molecule is CNc1ncc([N+](=O)[O-])c(NC(C)C(CO)SC)n1. The van der Waals surface area contributed by atoms with Gasteiger partial charge in [-0.1, -0.05) is 0 Å². The summed E-state index contributed by atoms with van der Waals surface area (Å²) in [6.07, 6.45) is 3.02. The van der Waals surface area contributed by atoms with Gasteiger partial charge in [-0.25, -0.2) is 4.98 Å². The number of hydrogen-bond donors (Lipinski definition) is 3. The van der Waals surface area contributed by atoms with E-state index in [0.29, 0.717) is 5.95 Å². The number of nitrogens with one attached hydrogen (secondary N) is 2. The quantitative estimate of drug-likeness (QED) is 0.502. The molecule has 0 aliphatic heterocycles. The van der Waals surface area contributed by atoms with E-state index >= 15 is 0 Å². The average molecular weight is 287 g/mol. The Kier molecular flexibility index (Phi) is 5.77. The number of anilines is 2. The van der Waals surface area contributed by atoms with Crippen molar-refractivity contribution in [1.82, 2.24) is 9.97 Å². The molecule has 3 N–H and O–H groups in total. The van der Waals surface area contributed by atoms with Crippen molar-refractivity contribution in [1.29, 1.82) is 0 Å². The van der Waals surface area contributed by atoms with Gasteiger partial charge >= 0.3 is 5.69 Å². The first kappa shape index (κ1) is 15.4. The summed E-state index contributed by atoms with van der Waals surface area (Å²) < 4.78 is 0. The first-order valence-corrected chi connectivity index (χ1v) is 6.91. The maximum absolute atomic E-state index is 10.9. The highest BCUT2D eigenvalue weighted by atomic mass is 32.2. The fourth-order valence-corrected chi connectivity index (χ4v) is 2.11. The summed E-state index contributed by atoms with van der Waals surface area (Å²) in [4.78, 5) is 18.2. The molecule has 0 fully saturated rings. The molecule has 0 aliphatic carbocycles.